The summed E-state index contributed by atoms with van der Waals surface area (Å²) in [7, 11) is 0. The van der Waals surface area contributed by atoms with Gasteiger partial charge in [-0.15, -0.1) is 0 Å². The zero-order valence-corrected chi connectivity index (χ0v) is 8.05. The average Bonchev–Trinajstić information content (AvgIpc) is 2.51. The fourth-order valence-electron chi connectivity index (χ4n) is 1.50. The molecule has 1 aliphatic carbocycles. The molecule has 0 aromatic heterocycles. The Morgan fingerprint density at radius 3 is 2.92 bits per heavy atom. The van der Waals surface area contributed by atoms with Crippen LogP contribution in [-0.4, -0.2) is 22.9 Å². The summed E-state index contributed by atoms with van der Waals surface area (Å²) in [4.78, 5) is 12.7. The topological polar surface area (TPSA) is 20.3 Å². The second-order valence-corrected chi connectivity index (χ2v) is 3.34. The van der Waals surface area contributed by atoms with Crippen molar-refractivity contribution in [3.05, 3.63) is 12.2 Å². The highest BCUT2D eigenvalue weighted by Crippen LogP contribution is 2.18. The first-order valence-corrected chi connectivity index (χ1v) is 4.76. The van der Waals surface area contributed by atoms with Crippen LogP contribution in [0.4, 0.5) is 4.79 Å². The maximum Gasteiger partial charge on any atom is 0.316 e. The third-order valence-corrected chi connectivity index (χ3v) is 2.30. The van der Waals surface area contributed by atoms with Crippen LogP contribution in [0.3, 0.4) is 0 Å². The Kier molecular flexibility index (Phi) is 3.60. The van der Waals surface area contributed by atoms with E-state index in [2.05, 4.69) is 12.2 Å². The van der Waals surface area contributed by atoms with Crippen LogP contribution in [0, 0.1) is 0 Å². The molecule has 68 valence electrons. The highest BCUT2D eigenvalue weighted by atomic mass is 35.5. The van der Waals surface area contributed by atoms with Gasteiger partial charge in [0.15, 0.2) is 0 Å². The lowest BCUT2D eigenvalue weighted by molar-refractivity contribution is 0.209. The van der Waals surface area contributed by atoms with Crippen molar-refractivity contribution in [3.8, 4) is 0 Å². The number of hydrogen-bond donors (Lipinski definition) is 0. The minimum absolute atomic E-state index is 0.245. The molecule has 0 N–H and O–H groups in total. The van der Waals surface area contributed by atoms with Crippen molar-refractivity contribution in [3.63, 3.8) is 0 Å². The minimum atomic E-state index is -0.326. The molecule has 3 heteroatoms. The van der Waals surface area contributed by atoms with Crippen molar-refractivity contribution in [2.24, 2.45) is 0 Å². The van der Waals surface area contributed by atoms with E-state index in [9.17, 15) is 4.79 Å². The van der Waals surface area contributed by atoms with Gasteiger partial charge in [0.25, 0.3) is 0 Å². The molecule has 0 saturated carbocycles. The summed E-state index contributed by atoms with van der Waals surface area (Å²) in [6, 6.07) is 0.245. The van der Waals surface area contributed by atoms with Gasteiger partial charge in [-0.2, -0.15) is 0 Å². The van der Waals surface area contributed by atoms with Crippen LogP contribution in [-0.2, 0) is 0 Å². The number of amides is 1. The first-order chi connectivity index (χ1) is 5.75. The maximum absolute atomic E-state index is 11.0. The van der Waals surface area contributed by atoms with Gasteiger partial charge >= 0.3 is 5.37 Å². The van der Waals surface area contributed by atoms with Crippen LogP contribution in [0.25, 0.3) is 0 Å². The Morgan fingerprint density at radius 2 is 2.50 bits per heavy atom. The molecule has 0 saturated heterocycles. The molecule has 0 aromatic rings. The summed E-state index contributed by atoms with van der Waals surface area (Å²) in [6.45, 7) is 2.81. The minimum Gasteiger partial charge on any atom is -0.323 e. The third kappa shape index (κ3) is 2.24. The average molecular weight is 188 g/mol. The van der Waals surface area contributed by atoms with Crippen LogP contribution in [0.1, 0.15) is 26.2 Å². The van der Waals surface area contributed by atoms with Crippen LogP contribution in [0.2, 0.25) is 0 Å². The van der Waals surface area contributed by atoms with Crippen molar-refractivity contribution >= 4 is 17.0 Å². The second kappa shape index (κ2) is 4.51. The van der Waals surface area contributed by atoms with E-state index in [4.69, 9.17) is 11.6 Å². The van der Waals surface area contributed by atoms with Crippen molar-refractivity contribution in [1.29, 1.82) is 0 Å². The normalized spacial score (nSPS) is 21.3. The number of rotatable bonds is 3. The molecule has 1 unspecified atom stereocenters. The van der Waals surface area contributed by atoms with Crippen molar-refractivity contribution in [2.75, 3.05) is 6.54 Å². The van der Waals surface area contributed by atoms with Crippen LogP contribution < -0.4 is 0 Å². The molecule has 1 rings (SSSR count). The number of nitrogens with zero attached hydrogens (tertiary/aromatic N) is 1. The van der Waals surface area contributed by atoms with E-state index in [1.54, 1.807) is 4.90 Å². The molecular weight excluding hydrogens is 174 g/mol. The predicted molar refractivity (Wildman–Crippen MR) is 50.4 cm³/mol. The molecule has 0 aliphatic heterocycles. The Balaban J connectivity index is 2.52. The van der Waals surface area contributed by atoms with E-state index in [1.165, 1.54) is 0 Å². The molecule has 0 spiro atoms. The Bertz CT molecular complexity index is 191. The van der Waals surface area contributed by atoms with Gasteiger partial charge in [-0.05, 0) is 30.9 Å². The third-order valence-electron chi connectivity index (χ3n) is 2.08. The van der Waals surface area contributed by atoms with Gasteiger partial charge in [-0.3, -0.25) is 4.79 Å². The van der Waals surface area contributed by atoms with E-state index < -0.39 is 0 Å². The van der Waals surface area contributed by atoms with Gasteiger partial charge < -0.3 is 4.90 Å². The molecule has 0 heterocycles. The summed E-state index contributed by atoms with van der Waals surface area (Å²) in [6.07, 6.45) is 7.22. The summed E-state index contributed by atoms with van der Waals surface area (Å²) in [5.41, 5.74) is 0. The smallest absolute Gasteiger partial charge is 0.316 e. The lowest BCUT2D eigenvalue weighted by atomic mass is 10.2. The standard InChI is InChI=1S/C9H14ClNO/c1-2-7-11(9(10)12)8-5-3-4-6-8/h3,5,8H,2,4,6-7H2,1H3. The maximum atomic E-state index is 11.0. The monoisotopic (exact) mass is 187 g/mol. The fraction of sp³-hybridized carbons (Fsp3) is 0.667. The van der Waals surface area contributed by atoms with Crippen molar-refractivity contribution in [1.82, 2.24) is 4.90 Å². The molecule has 12 heavy (non-hydrogen) atoms. The highest BCUT2D eigenvalue weighted by molar-refractivity contribution is 6.62. The first-order valence-electron chi connectivity index (χ1n) is 4.38. The Morgan fingerprint density at radius 1 is 1.75 bits per heavy atom. The largest absolute Gasteiger partial charge is 0.323 e. The molecule has 2 nitrogen and oxygen atoms in total. The number of carbonyl (C=O) groups is 1. The molecule has 0 bridgehead atoms. The van der Waals surface area contributed by atoms with E-state index in [0.717, 1.165) is 25.8 Å². The summed E-state index contributed by atoms with van der Waals surface area (Å²) in [5.74, 6) is 0. The quantitative estimate of drug-likeness (QED) is 0.378. The van der Waals surface area contributed by atoms with Gasteiger partial charge in [0.1, 0.15) is 0 Å². The molecule has 0 radical (unpaired) electrons. The van der Waals surface area contributed by atoms with E-state index >= 15 is 0 Å². The highest BCUT2D eigenvalue weighted by Gasteiger charge is 2.20. The SMILES string of the molecule is CCCN(C(=O)Cl)C1C=CCC1. The van der Waals surface area contributed by atoms with E-state index in [-0.39, 0.29) is 11.4 Å². The number of carbonyl (C=O) groups excluding carboxylic acids is 1. The molecule has 1 amide bonds. The van der Waals surface area contributed by atoms with Crippen molar-refractivity contribution < 1.29 is 4.79 Å². The van der Waals surface area contributed by atoms with Gasteiger partial charge in [-0.1, -0.05) is 19.1 Å². The summed E-state index contributed by atoms with van der Waals surface area (Å²) >= 11 is 5.46. The van der Waals surface area contributed by atoms with Gasteiger partial charge in [0, 0.05) is 6.54 Å². The lowest BCUT2D eigenvalue weighted by Gasteiger charge is -2.24. The van der Waals surface area contributed by atoms with Crippen LogP contribution in [0.15, 0.2) is 12.2 Å². The molecule has 1 aliphatic rings. The van der Waals surface area contributed by atoms with E-state index in [0.29, 0.717) is 0 Å². The number of hydrogen-bond acceptors (Lipinski definition) is 1. The second-order valence-electron chi connectivity index (χ2n) is 3.02. The van der Waals surface area contributed by atoms with Gasteiger partial charge in [-0.25, -0.2) is 0 Å². The van der Waals surface area contributed by atoms with Gasteiger partial charge in [0.05, 0.1) is 6.04 Å². The predicted octanol–water partition coefficient (Wildman–Crippen LogP) is 2.78. The molecule has 0 aromatic carbocycles. The Hall–Kier alpha value is -0.500. The summed E-state index contributed by atoms with van der Waals surface area (Å²) < 4.78 is 0. The first kappa shape index (κ1) is 9.59. The fourth-order valence-corrected chi connectivity index (χ4v) is 1.71. The zero-order chi connectivity index (χ0) is 8.97. The Labute approximate surface area is 78.2 Å². The van der Waals surface area contributed by atoms with Crippen molar-refractivity contribution in [2.45, 2.75) is 32.2 Å². The molecule has 0 fully saturated rings. The lowest BCUT2D eigenvalue weighted by Crippen LogP contribution is -2.35. The molecule has 1 atom stereocenters. The number of allylic oxidation sites excluding steroid dienone is 1. The summed E-state index contributed by atoms with van der Waals surface area (Å²) in [5, 5.41) is -0.326. The molecular formula is C9H14ClNO. The number of halogens is 1. The van der Waals surface area contributed by atoms with E-state index in [1.807, 2.05) is 6.92 Å². The van der Waals surface area contributed by atoms with Crippen LogP contribution in [0.5, 0.6) is 0 Å². The zero-order valence-electron chi connectivity index (χ0n) is 7.29. The van der Waals surface area contributed by atoms with Gasteiger partial charge in [0.2, 0.25) is 0 Å². The van der Waals surface area contributed by atoms with Crippen LogP contribution >= 0.6 is 11.6 Å².